The van der Waals surface area contributed by atoms with E-state index in [2.05, 4.69) is 18.8 Å². The summed E-state index contributed by atoms with van der Waals surface area (Å²) in [6.07, 6.45) is -33.6. The molecule has 0 amide bonds. The molecule has 0 aliphatic carbocycles. The third kappa shape index (κ3) is 11.3. The molecule has 0 fully saturated rings. The van der Waals surface area contributed by atoms with E-state index in [1.165, 1.54) is 6.92 Å². The molecule has 0 saturated carbocycles. The number of unbranched alkanes of at least 4 members (excludes halogenated alkanes) is 1. The molecule has 21 heteroatoms. The van der Waals surface area contributed by atoms with Crippen LogP contribution in [0.2, 0.25) is 6.32 Å². The van der Waals surface area contributed by atoms with E-state index in [1.807, 2.05) is 10.8 Å². The molecule has 0 spiro atoms. The molecule has 292 valence electrons. The number of halogens is 18. The topological polar surface area (TPSA) is 0 Å². The lowest BCUT2D eigenvalue weighted by Gasteiger charge is -2.45. The van der Waals surface area contributed by atoms with Crippen LogP contribution >= 0.6 is 10.8 Å². The fourth-order valence-electron chi connectivity index (χ4n) is 5.38. The van der Waals surface area contributed by atoms with E-state index in [4.69, 9.17) is 0 Å². The maximum atomic E-state index is 13.9. The van der Waals surface area contributed by atoms with E-state index >= 15 is 0 Å². The van der Waals surface area contributed by atoms with E-state index in [-0.39, 0.29) is 42.8 Å². The van der Waals surface area contributed by atoms with Crippen LogP contribution < -0.4 is 16.4 Å². The van der Waals surface area contributed by atoms with E-state index in [9.17, 15) is 79.0 Å². The first-order valence-electron chi connectivity index (χ1n) is 14.5. The highest BCUT2D eigenvalue weighted by Gasteiger charge is 2.44. The van der Waals surface area contributed by atoms with Crippen LogP contribution in [0.15, 0.2) is 54.6 Å². The number of rotatable bonds is 7. The lowest BCUT2D eigenvalue weighted by atomic mass is 9.13. The summed E-state index contributed by atoms with van der Waals surface area (Å²) in [6.45, 7) is 1.29. The molecule has 0 heterocycles. The molecule has 0 aliphatic rings. The maximum Gasteiger partial charge on any atom is 0.416 e. The third-order valence-corrected chi connectivity index (χ3v) is 10.5. The highest BCUT2D eigenvalue weighted by molar-refractivity contribution is 8.73. The lowest BCUT2D eigenvalue weighted by Crippen LogP contribution is -2.67. The van der Waals surface area contributed by atoms with Crippen molar-refractivity contribution in [3.05, 3.63) is 88.0 Å². The molecular formula is C31H27BF18S2. The summed E-state index contributed by atoms with van der Waals surface area (Å²) >= 11 is 0. The summed E-state index contributed by atoms with van der Waals surface area (Å²) in [6, 6.07) is -2.20. The Morgan fingerprint density at radius 2 is 0.635 bits per heavy atom. The minimum Gasteiger partial charge on any atom is -0.199 e. The molecule has 52 heavy (non-hydrogen) atoms. The SMILES string of the molecule is CCCC[B-](c1cc(C(F)(F)F)cc(C(F)(F)F)c1)(c1cc(C(F)(F)F)cc(C(F)(F)F)c1)c1cc(C(F)(F)F)cc(C(F)(F)F)c1.CS[S+](C)C. The van der Waals surface area contributed by atoms with Gasteiger partial charge in [0.2, 0.25) is 0 Å². The fraction of sp³-hybridized carbons (Fsp3) is 0.419. The highest BCUT2D eigenvalue weighted by Crippen LogP contribution is 2.40. The van der Waals surface area contributed by atoms with E-state index < -0.39 is 124 Å². The first-order chi connectivity index (χ1) is 23.3. The summed E-state index contributed by atoms with van der Waals surface area (Å²) in [7, 11) is 2.50. The number of hydrogen-bond donors (Lipinski definition) is 0. The van der Waals surface area contributed by atoms with Crippen LogP contribution in [-0.2, 0) is 47.0 Å². The van der Waals surface area contributed by atoms with Gasteiger partial charge in [0.25, 0.3) is 0 Å². The maximum absolute atomic E-state index is 13.9. The van der Waals surface area contributed by atoms with Gasteiger partial charge in [-0.3, -0.25) is 0 Å². The van der Waals surface area contributed by atoms with Crippen LogP contribution in [0.1, 0.15) is 53.1 Å². The smallest absolute Gasteiger partial charge is 0.199 e. The molecule has 3 rings (SSSR count). The van der Waals surface area contributed by atoms with E-state index in [1.54, 1.807) is 0 Å². The van der Waals surface area contributed by atoms with E-state index in [0.717, 1.165) is 0 Å². The van der Waals surface area contributed by atoms with Crippen molar-refractivity contribution in [3.63, 3.8) is 0 Å². The predicted octanol–water partition coefficient (Wildman–Crippen LogP) is 11.2. The molecule has 3 aromatic carbocycles. The molecule has 3 aromatic rings. The number of hydrogen-bond acceptors (Lipinski definition) is 1. The van der Waals surface area contributed by atoms with Crippen molar-refractivity contribution in [2.24, 2.45) is 0 Å². The van der Waals surface area contributed by atoms with Gasteiger partial charge in [0.05, 0.1) is 60.2 Å². The molecule has 0 aromatic heterocycles. The van der Waals surface area contributed by atoms with E-state index in [0.29, 0.717) is 9.93 Å². The molecule has 0 nitrogen and oxygen atoms in total. The van der Waals surface area contributed by atoms with Gasteiger partial charge < -0.3 is 0 Å². The van der Waals surface area contributed by atoms with Gasteiger partial charge in [-0.05, 0) is 18.2 Å². The van der Waals surface area contributed by atoms with Gasteiger partial charge >= 0.3 is 37.1 Å². The van der Waals surface area contributed by atoms with Crippen LogP contribution in [0.4, 0.5) is 79.0 Å². The molecular weight excluding hydrogens is 789 g/mol. The standard InChI is InChI=1S/C28H18BF18.C3H9S2/c1-2-3-4-29(20-8-14(23(30,31)32)5-15(9-20)24(33,34)35,21-10-16(25(36,37)38)6-17(11-21)26(39,40)41)22-12-18(27(42,43)44)7-19(13-22)28(45,46)47;1-4-5(2)3/h5-13H,2-4H2,1H3;1-3H3/q-1;+1. The number of benzene rings is 3. The molecule has 0 saturated heterocycles. The zero-order chi connectivity index (χ0) is 40.5. The zero-order valence-electron chi connectivity index (χ0n) is 27.0. The van der Waals surface area contributed by atoms with Gasteiger partial charge in [-0.25, -0.2) is 0 Å². The Balaban J connectivity index is 0.00000175. The Bertz CT molecular complexity index is 1380. The predicted molar refractivity (Wildman–Crippen MR) is 166 cm³/mol. The van der Waals surface area contributed by atoms with Gasteiger partial charge in [0.1, 0.15) is 12.5 Å². The average molecular weight is 816 g/mol. The van der Waals surface area contributed by atoms with Crippen LogP contribution in [0, 0.1) is 0 Å². The van der Waals surface area contributed by atoms with Crippen molar-refractivity contribution < 1.29 is 79.0 Å². The molecule has 0 bridgehead atoms. The van der Waals surface area contributed by atoms with Crippen molar-refractivity contribution in [1.82, 2.24) is 0 Å². The van der Waals surface area contributed by atoms with Crippen molar-refractivity contribution >= 4 is 43.3 Å². The Morgan fingerprint density at radius 3 is 0.769 bits per heavy atom. The molecule has 0 N–H and O–H groups in total. The fourth-order valence-corrected chi connectivity index (χ4v) is 5.38. The number of alkyl halides is 18. The van der Waals surface area contributed by atoms with Crippen molar-refractivity contribution in [3.8, 4) is 0 Å². The molecule has 0 unspecified atom stereocenters. The second kappa shape index (κ2) is 15.9. The normalized spacial score (nSPS) is 13.7. The highest BCUT2D eigenvalue weighted by atomic mass is 33.1. The molecule has 0 aliphatic heterocycles. The summed E-state index contributed by atoms with van der Waals surface area (Å²) in [5.41, 5.74) is -17.2. The zero-order valence-corrected chi connectivity index (χ0v) is 28.6. The molecule has 0 atom stereocenters. The molecule has 0 radical (unpaired) electrons. The van der Waals surface area contributed by atoms with Gasteiger partial charge in [0, 0.05) is 6.26 Å². The summed E-state index contributed by atoms with van der Waals surface area (Å²) in [4.78, 5) is 0. The van der Waals surface area contributed by atoms with Crippen LogP contribution in [-0.4, -0.2) is 24.9 Å². The first kappa shape index (κ1) is 45.3. The minimum atomic E-state index is -5.68. The van der Waals surface area contributed by atoms with Crippen molar-refractivity contribution in [1.29, 1.82) is 0 Å². The van der Waals surface area contributed by atoms with Gasteiger partial charge in [-0.1, -0.05) is 56.2 Å². The Hall–Kier alpha value is -2.84. The van der Waals surface area contributed by atoms with Crippen LogP contribution in [0.25, 0.3) is 0 Å². The average Bonchev–Trinajstić information content (AvgIpc) is 2.98. The summed E-state index contributed by atoms with van der Waals surface area (Å²) in [5.74, 6) is 0. The summed E-state index contributed by atoms with van der Waals surface area (Å²) in [5, 5.41) is 0. The first-order valence-corrected chi connectivity index (χ1v) is 18.3. The largest absolute Gasteiger partial charge is 0.416 e. The van der Waals surface area contributed by atoms with Crippen LogP contribution in [0.5, 0.6) is 0 Å². The second-order valence-electron chi connectivity index (χ2n) is 11.6. The Morgan fingerprint density at radius 1 is 0.442 bits per heavy atom. The van der Waals surface area contributed by atoms with Crippen LogP contribution in [0.3, 0.4) is 0 Å². The Labute approximate surface area is 292 Å². The van der Waals surface area contributed by atoms with Gasteiger partial charge in [-0.2, -0.15) is 102 Å². The third-order valence-electron chi connectivity index (χ3n) is 7.86. The minimum absolute atomic E-state index is 0.133. The Kier molecular flexibility index (Phi) is 13.8. The van der Waals surface area contributed by atoms with Crippen molar-refractivity contribution in [2.75, 3.05) is 18.8 Å². The monoisotopic (exact) mass is 816 g/mol. The summed E-state index contributed by atoms with van der Waals surface area (Å²) < 4.78 is 250. The van der Waals surface area contributed by atoms with Crippen molar-refractivity contribution in [2.45, 2.75) is 63.1 Å². The second-order valence-corrected chi connectivity index (χ2v) is 16.4. The van der Waals surface area contributed by atoms with Gasteiger partial charge in [-0.15, -0.1) is 0 Å². The van der Waals surface area contributed by atoms with Gasteiger partial charge in [0.15, 0.2) is 0 Å². The lowest BCUT2D eigenvalue weighted by molar-refractivity contribution is -0.144. The quantitative estimate of drug-likeness (QED) is 0.0991.